The molecule has 1 aliphatic rings. The van der Waals surface area contributed by atoms with Crippen LogP contribution in [0.15, 0.2) is 23.0 Å². The average Bonchev–Trinajstić information content (AvgIpc) is 2.54. The van der Waals surface area contributed by atoms with Gasteiger partial charge in [-0.3, -0.25) is 23.7 Å². The van der Waals surface area contributed by atoms with Gasteiger partial charge in [0.05, 0.1) is 23.4 Å². The topological polar surface area (TPSA) is 98.1 Å². The molecule has 1 N–H and O–H groups in total. The smallest absolute Gasteiger partial charge is 0.262 e. The fourth-order valence-electron chi connectivity index (χ4n) is 3.29. The van der Waals surface area contributed by atoms with E-state index in [4.69, 9.17) is 0 Å². The van der Waals surface area contributed by atoms with E-state index in [1.807, 2.05) is 0 Å². The molecule has 3 rings (SSSR count). The molecule has 7 nitrogen and oxygen atoms in total. The maximum atomic E-state index is 13.1. The van der Waals surface area contributed by atoms with Crippen molar-refractivity contribution in [1.82, 2.24) is 14.9 Å². The summed E-state index contributed by atoms with van der Waals surface area (Å²) in [6.45, 7) is 3.30. The van der Waals surface area contributed by atoms with E-state index < -0.39 is 6.04 Å². The third-order valence-corrected chi connectivity index (χ3v) is 4.47. The molecule has 1 fully saturated rings. The van der Waals surface area contributed by atoms with Crippen LogP contribution in [0.3, 0.4) is 0 Å². The number of carbonyl (C=O) groups is 3. The van der Waals surface area contributed by atoms with E-state index in [1.54, 1.807) is 25.1 Å². The number of ketones is 2. The van der Waals surface area contributed by atoms with Gasteiger partial charge in [0.15, 0.2) is 5.78 Å². The summed E-state index contributed by atoms with van der Waals surface area (Å²) >= 11 is 0. The van der Waals surface area contributed by atoms with Crippen molar-refractivity contribution in [2.45, 2.75) is 45.7 Å². The van der Waals surface area contributed by atoms with Crippen molar-refractivity contribution in [3.8, 4) is 0 Å². The summed E-state index contributed by atoms with van der Waals surface area (Å²) in [5.41, 5.74) is 0.871. The molecule has 1 amide bonds. The van der Waals surface area contributed by atoms with Crippen LogP contribution in [-0.2, 0) is 20.9 Å². The van der Waals surface area contributed by atoms with Gasteiger partial charge in [0, 0.05) is 19.9 Å². The zero-order chi connectivity index (χ0) is 18.1. The Morgan fingerprint density at radius 2 is 2.08 bits per heavy atom. The SMILES string of the molecule is CC(=O)NCc1cccc2nc(C)n(C3CCC(=O)CC3=O)c(=O)c12. The average molecular weight is 341 g/mol. The van der Waals surface area contributed by atoms with Crippen LogP contribution in [0, 0.1) is 6.92 Å². The van der Waals surface area contributed by atoms with Gasteiger partial charge in [-0.15, -0.1) is 0 Å². The lowest BCUT2D eigenvalue weighted by atomic mass is 9.92. The number of hydrogen-bond donors (Lipinski definition) is 1. The number of benzene rings is 1. The predicted octanol–water partition coefficient (Wildman–Crippen LogP) is 1.20. The van der Waals surface area contributed by atoms with Crippen LogP contribution in [0.25, 0.3) is 10.9 Å². The number of carbonyl (C=O) groups excluding carboxylic acids is 3. The first-order chi connectivity index (χ1) is 11.9. The van der Waals surface area contributed by atoms with Crippen molar-refractivity contribution in [2.75, 3.05) is 0 Å². The summed E-state index contributed by atoms with van der Waals surface area (Å²) in [4.78, 5) is 52.5. The van der Waals surface area contributed by atoms with Crippen LogP contribution >= 0.6 is 0 Å². The van der Waals surface area contributed by atoms with E-state index in [2.05, 4.69) is 10.3 Å². The van der Waals surface area contributed by atoms with Gasteiger partial charge in [-0.05, 0) is 25.0 Å². The number of Topliss-reactive ketones (excluding diaryl/α,β-unsaturated/α-hetero) is 2. The molecule has 130 valence electrons. The van der Waals surface area contributed by atoms with Crippen LogP contribution in [-0.4, -0.2) is 27.0 Å². The molecule has 0 radical (unpaired) electrons. The molecule has 0 spiro atoms. The Morgan fingerprint density at radius 1 is 1.32 bits per heavy atom. The van der Waals surface area contributed by atoms with Crippen LogP contribution in [0.5, 0.6) is 0 Å². The Bertz CT molecular complexity index is 945. The van der Waals surface area contributed by atoms with Gasteiger partial charge < -0.3 is 5.32 Å². The Balaban J connectivity index is 2.15. The van der Waals surface area contributed by atoms with E-state index in [9.17, 15) is 19.2 Å². The third kappa shape index (κ3) is 3.22. The molecule has 7 heteroatoms. The normalized spacial score (nSPS) is 17.8. The first kappa shape index (κ1) is 17.0. The monoisotopic (exact) mass is 341 g/mol. The Hall–Kier alpha value is -2.83. The number of aryl methyl sites for hydroxylation is 1. The molecule has 1 atom stereocenters. The number of nitrogens with zero attached hydrogens (tertiary/aromatic N) is 2. The first-order valence-electron chi connectivity index (χ1n) is 8.18. The van der Waals surface area contributed by atoms with Crippen molar-refractivity contribution in [1.29, 1.82) is 0 Å². The quantitative estimate of drug-likeness (QED) is 0.846. The molecule has 1 unspecified atom stereocenters. The lowest BCUT2D eigenvalue weighted by molar-refractivity contribution is -0.132. The van der Waals surface area contributed by atoms with Gasteiger partial charge in [0.2, 0.25) is 5.91 Å². The fourth-order valence-corrected chi connectivity index (χ4v) is 3.29. The number of rotatable bonds is 3. The second-order valence-electron chi connectivity index (χ2n) is 6.29. The highest BCUT2D eigenvalue weighted by Gasteiger charge is 2.30. The largest absolute Gasteiger partial charge is 0.352 e. The summed E-state index contributed by atoms with van der Waals surface area (Å²) in [7, 11) is 0. The Labute approximate surface area is 144 Å². The van der Waals surface area contributed by atoms with Crippen molar-refractivity contribution in [3.05, 3.63) is 39.9 Å². The van der Waals surface area contributed by atoms with Crippen LogP contribution < -0.4 is 10.9 Å². The molecule has 1 aromatic carbocycles. The highest BCUT2D eigenvalue weighted by Crippen LogP contribution is 2.24. The lowest BCUT2D eigenvalue weighted by Crippen LogP contribution is -2.36. The number of hydrogen-bond acceptors (Lipinski definition) is 5. The van der Waals surface area contributed by atoms with E-state index in [-0.39, 0.29) is 42.4 Å². The maximum Gasteiger partial charge on any atom is 0.262 e. The molecular weight excluding hydrogens is 322 g/mol. The number of aromatic nitrogens is 2. The van der Waals surface area contributed by atoms with Crippen molar-refractivity contribution in [3.63, 3.8) is 0 Å². The predicted molar refractivity (Wildman–Crippen MR) is 91.2 cm³/mol. The van der Waals surface area contributed by atoms with Crippen molar-refractivity contribution >= 4 is 28.4 Å². The molecular formula is C18H19N3O4. The highest BCUT2D eigenvalue weighted by molar-refractivity contribution is 6.03. The van der Waals surface area contributed by atoms with Gasteiger partial charge >= 0.3 is 0 Å². The molecule has 1 aromatic heterocycles. The molecule has 0 saturated heterocycles. The summed E-state index contributed by atoms with van der Waals surface area (Å²) in [6.07, 6.45) is 0.468. The Morgan fingerprint density at radius 3 is 2.76 bits per heavy atom. The van der Waals surface area contributed by atoms with Gasteiger partial charge in [-0.2, -0.15) is 0 Å². The van der Waals surface area contributed by atoms with E-state index in [0.717, 1.165) is 0 Å². The number of nitrogens with one attached hydrogen (secondary N) is 1. The third-order valence-electron chi connectivity index (χ3n) is 4.47. The van der Waals surface area contributed by atoms with Gasteiger partial charge in [0.25, 0.3) is 5.56 Å². The lowest BCUT2D eigenvalue weighted by Gasteiger charge is -2.24. The molecule has 0 bridgehead atoms. The fraction of sp³-hybridized carbons (Fsp3) is 0.389. The second-order valence-corrected chi connectivity index (χ2v) is 6.29. The first-order valence-corrected chi connectivity index (χ1v) is 8.18. The van der Waals surface area contributed by atoms with Crippen LogP contribution in [0.1, 0.15) is 43.6 Å². The zero-order valence-electron chi connectivity index (χ0n) is 14.2. The van der Waals surface area contributed by atoms with E-state index in [1.165, 1.54) is 11.5 Å². The highest BCUT2D eigenvalue weighted by atomic mass is 16.2. The van der Waals surface area contributed by atoms with E-state index >= 15 is 0 Å². The maximum absolute atomic E-state index is 13.1. The standard InChI is InChI=1S/C18H19N3O4/c1-10-20-14-5-3-4-12(9-19-11(2)22)17(14)18(25)21(10)15-7-6-13(23)8-16(15)24/h3-5,15H,6-9H2,1-2H3,(H,19,22). The molecule has 2 aromatic rings. The summed E-state index contributed by atoms with van der Waals surface area (Å²) in [5.74, 6) is -0.0887. The van der Waals surface area contributed by atoms with Crippen molar-refractivity contribution in [2.24, 2.45) is 0 Å². The summed E-state index contributed by atoms with van der Waals surface area (Å²) in [6, 6.07) is 4.61. The van der Waals surface area contributed by atoms with E-state index in [0.29, 0.717) is 28.7 Å². The minimum Gasteiger partial charge on any atom is -0.352 e. The number of fused-ring (bicyclic) bond motifs is 1. The van der Waals surface area contributed by atoms with Gasteiger partial charge in [-0.1, -0.05) is 12.1 Å². The van der Waals surface area contributed by atoms with Crippen molar-refractivity contribution < 1.29 is 14.4 Å². The molecule has 1 aliphatic carbocycles. The molecule has 1 saturated carbocycles. The Kier molecular flexibility index (Phi) is 4.48. The van der Waals surface area contributed by atoms with Crippen LogP contribution in [0.2, 0.25) is 0 Å². The minimum absolute atomic E-state index is 0.0907. The summed E-state index contributed by atoms with van der Waals surface area (Å²) in [5, 5.41) is 3.08. The molecule has 1 heterocycles. The van der Waals surface area contributed by atoms with Crippen LogP contribution in [0.4, 0.5) is 0 Å². The zero-order valence-corrected chi connectivity index (χ0v) is 14.2. The molecule has 0 aliphatic heterocycles. The second kappa shape index (κ2) is 6.58. The minimum atomic E-state index is -0.657. The van der Waals surface area contributed by atoms with Gasteiger partial charge in [-0.25, -0.2) is 4.98 Å². The summed E-state index contributed by atoms with van der Waals surface area (Å²) < 4.78 is 1.40. The number of amides is 1. The molecule has 25 heavy (non-hydrogen) atoms. The van der Waals surface area contributed by atoms with Gasteiger partial charge in [0.1, 0.15) is 11.6 Å².